The van der Waals surface area contributed by atoms with Crippen molar-refractivity contribution in [3.63, 3.8) is 0 Å². The molecule has 1 aromatic carbocycles. The van der Waals surface area contributed by atoms with Crippen LogP contribution in [0.2, 0.25) is 0 Å². The molecule has 0 aliphatic carbocycles. The van der Waals surface area contributed by atoms with Crippen LogP contribution in [0.25, 0.3) is 0 Å². The summed E-state index contributed by atoms with van der Waals surface area (Å²) in [5.74, 6) is 1.98. The van der Waals surface area contributed by atoms with Gasteiger partial charge in [-0.1, -0.05) is 19.9 Å². The van der Waals surface area contributed by atoms with Crippen molar-refractivity contribution in [3.8, 4) is 0 Å². The molecule has 20 heavy (non-hydrogen) atoms. The van der Waals surface area contributed by atoms with Crippen LogP contribution in [0.3, 0.4) is 0 Å². The number of para-hydroxylation sites is 1. The zero-order valence-electron chi connectivity index (χ0n) is 12.3. The molecule has 0 radical (unpaired) electrons. The van der Waals surface area contributed by atoms with Gasteiger partial charge in [0.05, 0.1) is 4.92 Å². The number of nitro groups is 1. The molecule has 2 N–H and O–H groups in total. The fraction of sp³-hybridized carbons (Fsp3) is 0.571. The Bertz CT molecular complexity index is 440. The van der Waals surface area contributed by atoms with Crippen molar-refractivity contribution < 1.29 is 4.92 Å². The number of nitrogens with zero attached hydrogens (tertiary/aromatic N) is 1. The molecule has 1 unspecified atom stereocenters. The topological polar surface area (TPSA) is 67.2 Å². The van der Waals surface area contributed by atoms with Gasteiger partial charge in [0.25, 0.3) is 0 Å². The van der Waals surface area contributed by atoms with Crippen molar-refractivity contribution in [1.82, 2.24) is 0 Å². The van der Waals surface area contributed by atoms with Crippen molar-refractivity contribution in [2.75, 3.05) is 28.7 Å². The second kappa shape index (κ2) is 8.68. The summed E-state index contributed by atoms with van der Waals surface area (Å²) >= 11 is 1.82. The molecule has 1 rings (SSSR count). The molecule has 1 aromatic rings. The van der Waals surface area contributed by atoms with Crippen LogP contribution in [-0.2, 0) is 0 Å². The first-order chi connectivity index (χ1) is 9.60. The number of nitro benzene ring substituents is 1. The summed E-state index contributed by atoms with van der Waals surface area (Å²) in [6.45, 7) is 6.91. The first-order valence-corrected chi connectivity index (χ1v) is 8.11. The van der Waals surface area contributed by atoms with Crippen LogP contribution in [-0.4, -0.2) is 29.0 Å². The quantitative estimate of drug-likeness (QED) is 0.533. The van der Waals surface area contributed by atoms with Crippen molar-refractivity contribution in [3.05, 3.63) is 28.3 Å². The molecule has 0 amide bonds. The second-order valence-electron chi connectivity index (χ2n) is 4.59. The van der Waals surface area contributed by atoms with Gasteiger partial charge in [0.15, 0.2) is 0 Å². The van der Waals surface area contributed by atoms with Crippen molar-refractivity contribution in [2.24, 2.45) is 0 Å². The third-order valence-corrected chi connectivity index (χ3v) is 3.90. The van der Waals surface area contributed by atoms with E-state index in [1.807, 2.05) is 31.7 Å². The summed E-state index contributed by atoms with van der Waals surface area (Å²) in [4.78, 5) is 11.0. The molecule has 1 atom stereocenters. The molecule has 0 aliphatic rings. The largest absolute Gasteiger partial charge is 0.379 e. The average Bonchev–Trinajstić information content (AvgIpc) is 2.42. The van der Waals surface area contributed by atoms with Crippen molar-refractivity contribution in [2.45, 2.75) is 33.2 Å². The van der Waals surface area contributed by atoms with Gasteiger partial charge in [-0.3, -0.25) is 10.1 Å². The highest BCUT2D eigenvalue weighted by Crippen LogP contribution is 2.33. The van der Waals surface area contributed by atoms with E-state index in [-0.39, 0.29) is 16.7 Å². The highest BCUT2D eigenvalue weighted by molar-refractivity contribution is 7.99. The normalized spacial score (nSPS) is 11.9. The summed E-state index contributed by atoms with van der Waals surface area (Å²) in [6.07, 6.45) is 0.929. The molecule has 6 heteroatoms. The van der Waals surface area contributed by atoms with Crippen LogP contribution < -0.4 is 10.6 Å². The van der Waals surface area contributed by atoms with Crippen LogP contribution >= 0.6 is 11.8 Å². The van der Waals surface area contributed by atoms with E-state index in [4.69, 9.17) is 0 Å². The Kier molecular flexibility index (Phi) is 7.22. The molecule has 0 aromatic heterocycles. The average molecular weight is 297 g/mol. The lowest BCUT2D eigenvalue weighted by atomic mass is 10.2. The maximum atomic E-state index is 11.3. The van der Waals surface area contributed by atoms with Gasteiger partial charge >= 0.3 is 5.69 Å². The zero-order chi connectivity index (χ0) is 15.0. The lowest BCUT2D eigenvalue weighted by molar-refractivity contribution is -0.383. The molecule has 0 spiro atoms. The standard InChI is InChI=1S/C14H23N3O2S/c1-4-9-15-12-7-6-8-13(14(12)17(18)19)16-11(3)10-20-5-2/h6-8,11,15-16H,4-5,9-10H2,1-3H3. The van der Waals surface area contributed by atoms with Crippen LogP contribution in [0.5, 0.6) is 0 Å². The summed E-state index contributed by atoms with van der Waals surface area (Å²) in [5.41, 5.74) is 1.30. The number of nitrogens with one attached hydrogen (secondary N) is 2. The summed E-state index contributed by atoms with van der Waals surface area (Å²) < 4.78 is 0. The molecule has 112 valence electrons. The van der Waals surface area contributed by atoms with E-state index in [2.05, 4.69) is 17.6 Å². The smallest absolute Gasteiger partial charge is 0.315 e. The molecule has 0 saturated heterocycles. The third kappa shape index (κ3) is 4.92. The molecule has 0 fully saturated rings. The summed E-state index contributed by atoms with van der Waals surface area (Å²) in [5, 5.41) is 17.7. The van der Waals surface area contributed by atoms with Gasteiger partial charge in [-0.15, -0.1) is 0 Å². The third-order valence-electron chi connectivity index (χ3n) is 2.76. The van der Waals surface area contributed by atoms with E-state index < -0.39 is 0 Å². The minimum atomic E-state index is -0.319. The first kappa shape index (κ1) is 16.6. The number of anilines is 2. The number of hydrogen-bond donors (Lipinski definition) is 2. The van der Waals surface area contributed by atoms with Gasteiger partial charge in [0.2, 0.25) is 0 Å². The molecular weight excluding hydrogens is 274 g/mol. The van der Waals surface area contributed by atoms with E-state index in [9.17, 15) is 10.1 Å². The Morgan fingerprint density at radius 3 is 2.65 bits per heavy atom. The minimum Gasteiger partial charge on any atom is -0.379 e. The minimum absolute atomic E-state index is 0.134. The lowest BCUT2D eigenvalue weighted by Gasteiger charge is -2.16. The maximum absolute atomic E-state index is 11.3. The highest BCUT2D eigenvalue weighted by Gasteiger charge is 2.20. The van der Waals surface area contributed by atoms with Gasteiger partial charge < -0.3 is 10.6 Å². The van der Waals surface area contributed by atoms with Gasteiger partial charge in [-0.25, -0.2) is 0 Å². The second-order valence-corrected chi connectivity index (χ2v) is 5.91. The molecule has 0 heterocycles. The predicted octanol–water partition coefficient (Wildman–Crippen LogP) is 3.97. The van der Waals surface area contributed by atoms with Gasteiger partial charge in [-0.2, -0.15) is 11.8 Å². The van der Waals surface area contributed by atoms with Gasteiger partial charge in [0, 0.05) is 18.3 Å². The summed E-state index contributed by atoms with van der Waals surface area (Å²) in [7, 11) is 0. The molecule has 0 saturated carbocycles. The van der Waals surface area contributed by atoms with Crippen LogP contribution in [0, 0.1) is 10.1 Å². The Balaban J connectivity index is 2.91. The highest BCUT2D eigenvalue weighted by atomic mass is 32.2. The first-order valence-electron chi connectivity index (χ1n) is 6.95. The van der Waals surface area contributed by atoms with Crippen LogP contribution in [0.15, 0.2) is 18.2 Å². The zero-order valence-corrected chi connectivity index (χ0v) is 13.1. The van der Waals surface area contributed by atoms with E-state index >= 15 is 0 Å². The van der Waals surface area contributed by atoms with Gasteiger partial charge in [-0.05, 0) is 31.2 Å². The monoisotopic (exact) mass is 297 g/mol. The van der Waals surface area contributed by atoms with E-state index in [0.29, 0.717) is 11.4 Å². The number of rotatable bonds is 9. The lowest BCUT2D eigenvalue weighted by Crippen LogP contribution is -2.19. The number of hydrogen-bond acceptors (Lipinski definition) is 5. The van der Waals surface area contributed by atoms with Crippen molar-refractivity contribution in [1.29, 1.82) is 0 Å². The number of benzene rings is 1. The molecule has 0 bridgehead atoms. The van der Waals surface area contributed by atoms with E-state index in [1.54, 1.807) is 12.1 Å². The molecular formula is C14H23N3O2S. The van der Waals surface area contributed by atoms with E-state index in [0.717, 1.165) is 24.5 Å². The Morgan fingerprint density at radius 2 is 2.05 bits per heavy atom. The molecule has 0 aliphatic heterocycles. The van der Waals surface area contributed by atoms with Crippen LogP contribution in [0.1, 0.15) is 27.2 Å². The van der Waals surface area contributed by atoms with Crippen molar-refractivity contribution >= 4 is 28.8 Å². The van der Waals surface area contributed by atoms with Gasteiger partial charge in [0.1, 0.15) is 11.4 Å². The Morgan fingerprint density at radius 1 is 1.35 bits per heavy atom. The molecule has 5 nitrogen and oxygen atoms in total. The van der Waals surface area contributed by atoms with Crippen LogP contribution in [0.4, 0.5) is 17.1 Å². The number of thioether (sulfide) groups is 1. The Hall–Kier alpha value is -1.43. The van der Waals surface area contributed by atoms with E-state index in [1.165, 1.54) is 0 Å². The maximum Gasteiger partial charge on any atom is 0.315 e. The fourth-order valence-corrected chi connectivity index (χ4v) is 2.53. The summed E-state index contributed by atoms with van der Waals surface area (Å²) in [6, 6.07) is 5.56. The SMILES string of the molecule is CCCNc1cccc(NC(C)CSCC)c1[N+](=O)[O-]. The fourth-order valence-electron chi connectivity index (χ4n) is 1.86. The predicted molar refractivity (Wildman–Crippen MR) is 88.0 cm³/mol. The Labute approximate surface area is 124 Å².